The van der Waals surface area contributed by atoms with E-state index >= 15 is 0 Å². The number of ether oxygens (including phenoxy) is 1. The van der Waals surface area contributed by atoms with E-state index in [0.29, 0.717) is 28.5 Å². The first-order valence-corrected chi connectivity index (χ1v) is 13.4. The minimum Gasteiger partial charge on any atom is -0.449 e. The highest BCUT2D eigenvalue weighted by Gasteiger charge is 2.50. The van der Waals surface area contributed by atoms with Crippen molar-refractivity contribution in [3.63, 3.8) is 0 Å². The number of aromatic nitrogens is 2. The summed E-state index contributed by atoms with van der Waals surface area (Å²) in [5, 5.41) is 17.1. The average molecular weight is 494 g/mol. The van der Waals surface area contributed by atoms with Crippen LogP contribution in [0.15, 0.2) is 36.7 Å². The van der Waals surface area contributed by atoms with Crippen molar-refractivity contribution in [2.45, 2.75) is 76.3 Å². The van der Waals surface area contributed by atoms with Crippen molar-refractivity contribution in [1.82, 2.24) is 10.2 Å². The molecular formula is C28H37N4O4+. The Morgan fingerprint density at radius 3 is 2.56 bits per heavy atom. The molecule has 3 aliphatic rings. The summed E-state index contributed by atoms with van der Waals surface area (Å²) in [6.07, 6.45) is 12.5. The maximum atomic E-state index is 14.1. The SMILES string of the molecule is C[N+](C(=O)CCC1CCCC1)(C1CCN(c2ccnnc2)CC1)C1CCc2ccc(OC(=O)O)cc21. The van der Waals surface area contributed by atoms with Crippen molar-refractivity contribution in [2.75, 3.05) is 25.0 Å². The minimum atomic E-state index is -1.31. The van der Waals surface area contributed by atoms with Crippen molar-refractivity contribution in [2.24, 2.45) is 5.92 Å². The Bertz CT molecular complexity index is 1080. The molecule has 0 radical (unpaired) electrons. The van der Waals surface area contributed by atoms with Gasteiger partial charge in [0.2, 0.25) is 0 Å². The van der Waals surface area contributed by atoms with Gasteiger partial charge in [-0.3, -0.25) is 4.48 Å². The van der Waals surface area contributed by atoms with E-state index in [1.165, 1.54) is 31.2 Å². The van der Waals surface area contributed by atoms with E-state index in [4.69, 9.17) is 9.84 Å². The van der Waals surface area contributed by atoms with E-state index in [-0.39, 0.29) is 12.1 Å². The molecular weight excluding hydrogens is 456 g/mol. The molecule has 2 atom stereocenters. The molecule has 1 saturated heterocycles. The van der Waals surface area contributed by atoms with E-state index in [0.717, 1.165) is 56.4 Å². The molecule has 1 saturated carbocycles. The number of carboxylic acid groups (broad SMARTS) is 1. The molecule has 2 aliphatic carbocycles. The summed E-state index contributed by atoms with van der Waals surface area (Å²) in [4.78, 5) is 27.6. The molecule has 1 amide bonds. The summed E-state index contributed by atoms with van der Waals surface area (Å²) in [6.45, 7) is 1.75. The van der Waals surface area contributed by atoms with Crippen LogP contribution in [0.1, 0.15) is 75.0 Å². The molecule has 192 valence electrons. The first-order chi connectivity index (χ1) is 17.4. The number of benzene rings is 1. The van der Waals surface area contributed by atoms with E-state index in [1.807, 2.05) is 18.2 Å². The van der Waals surface area contributed by atoms with E-state index < -0.39 is 6.16 Å². The van der Waals surface area contributed by atoms with Crippen LogP contribution in [0.5, 0.6) is 5.75 Å². The van der Waals surface area contributed by atoms with Crippen LogP contribution in [0.3, 0.4) is 0 Å². The summed E-state index contributed by atoms with van der Waals surface area (Å²) >= 11 is 0. The summed E-state index contributed by atoms with van der Waals surface area (Å²) in [5.74, 6) is 1.33. The molecule has 0 spiro atoms. The number of anilines is 1. The van der Waals surface area contributed by atoms with Crippen molar-refractivity contribution in [1.29, 1.82) is 0 Å². The molecule has 1 N–H and O–H groups in total. The topological polar surface area (TPSA) is 92.6 Å². The Labute approximate surface area is 212 Å². The number of nitrogens with zero attached hydrogens (tertiary/aromatic N) is 4. The van der Waals surface area contributed by atoms with Crippen LogP contribution in [0.2, 0.25) is 0 Å². The van der Waals surface area contributed by atoms with Crippen molar-refractivity contribution in [3.05, 3.63) is 47.8 Å². The maximum Gasteiger partial charge on any atom is 0.511 e. The second-order valence-corrected chi connectivity index (χ2v) is 10.8. The molecule has 1 aliphatic heterocycles. The van der Waals surface area contributed by atoms with Gasteiger partial charge in [0, 0.05) is 37.9 Å². The average Bonchev–Trinajstić information content (AvgIpc) is 3.57. The third kappa shape index (κ3) is 4.96. The van der Waals surface area contributed by atoms with Crippen LogP contribution in [-0.4, -0.2) is 58.0 Å². The Balaban J connectivity index is 1.40. The number of quaternary nitrogens is 1. The normalized spacial score (nSPS) is 22.2. The summed E-state index contributed by atoms with van der Waals surface area (Å²) in [6, 6.07) is 7.79. The molecule has 2 unspecified atom stereocenters. The van der Waals surface area contributed by atoms with E-state index in [1.54, 1.807) is 18.5 Å². The number of carbonyl (C=O) groups is 2. The molecule has 2 heterocycles. The molecule has 8 heteroatoms. The Kier molecular flexibility index (Phi) is 7.23. The highest BCUT2D eigenvalue weighted by atomic mass is 16.7. The van der Waals surface area contributed by atoms with Gasteiger partial charge in [-0.05, 0) is 42.5 Å². The highest BCUT2D eigenvalue weighted by molar-refractivity contribution is 5.70. The lowest BCUT2D eigenvalue weighted by Crippen LogP contribution is -2.60. The number of fused-ring (bicyclic) bond motifs is 1. The first-order valence-electron chi connectivity index (χ1n) is 13.4. The fourth-order valence-corrected chi connectivity index (χ4v) is 6.91. The number of aryl methyl sites for hydroxylation is 1. The third-order valence-electron chi connectivity index (χ3n) is 8.95. The fraction of sp³-hybridized carbons (Fsp3) is 0.571. The molecule has 1 aromatic heterocycles. The highest BCUT2D eigenvalue weighted by Crippen LogP contribution is 2.45. The van der Waals surface area contributed by atoms with Gasteiger partial charge in [-0.15, -0.1) is 0 Å². The number of hydrogen-bond acceptors (Lipinski definition) is 6. The van der Waals surface area contributed by atoms with Crippen LogP contribution < -0.4 is 9.64 Å². The van der Waals surface area contributed by atoms with Gasteiger partial charge >= 0.3 is 12.1 Å². The lowest BCUT2D eigenvalue weighted by molar-refractivity contribution is -0.892. The number of carbonyl (C=O) groups excluding carboxylic acids is 1. The zero-order valence-electron chi connectivity index (χ0n) is 21.1. The molecule has 2 aromatic rings. The second kappa shape index (κ2) is 10.5. The third-order valence-corrected chi connectivity index (χ3v) is 8.95. The number of amides is 1. The van der Waals surface area contributed by atoms with Crippen LogP contribution in [0.25, 0.3) is 0 Å². The molecule has 5 rings (SSSR count). The number of rotatable bonds is 7. The van der Waals surface area contributed by atoms with Gasteiger partial charge in [-0.2, -0.15) is 10.2 Å². The van der Waals surface area contributed by atoms with Gasteiger partial charge in [-0.1, -0.05) is 31.7 Å². The molecule has 0 bridgehead atoms. The predicted molar refractivity (Wildman–Crippen MR) is 136 cm³/mol. The number of hydrogen-bond donors (Lipinski definition) is 1. The van der Waals surface area contributed by atoms with Gasteiger partial charge in [0.15, 0.2) is 0 Å². The van der Waals surface area contributed by atoms with E-state index in [2.05, 4.69) is 22.1 Å². The van der Waals surface area contributed by atoms with Crippen LogP contribution in [0.4, 0.5) is 10.5 Å². The van der Waals surface area contributed by atoms with Gasteiger partial charge < -0.3 is 14.7 Å². The van der Waals surface area contributed by atoms with E-state index in [9.17, 15) is 9.59 Å². The largest absolute Gasteiger partial charge is 0.511 e. The lowest BCUT2D eigenvalue weighted by Gasteiger charge is -2.47. The summed E-state index contributed by atoms with van der Waals surface area (Å²) in [5.41, 5.74) is 3.35. The quantitative estimate of drug-likeness (QED) is 0.325. The molecule has 2 fully saturated rings. The lowest BCUT2D eigenvalue weighted by atomic mass is 9.92. The monoisotopic (exact) mass is 493 g/mol. The van der Waals surface area contributed by atoms with Crippen LogP contribution in [0, 0.1) is 5.92 Å². The van der Waals surface area contributed by atoms with Gasteiger partial charge in [0.25, 0.3) is 0 Å². The fourth-order valence-electron chi connectivity index (χ4n) is 6.91. The van der Waals surface area contributed by atoms with Crippen molar-refractivity contribution >= 4 is 17.7 Å². The zero-order valence-corrected chi connectivity index (χ0v) is 21.1. The Morgan fingerprint density at radius 1 is 1.08 bits per heavy atom. The van der Waals surface area contributed by atoms with Crippen LogP contribution >= 0.6 is 0 Å². The predicted octanol–water partition coefficient (Wildman–Crippen LogP) is 5.13. The summed E-state index contributed by atoms with van der Waals surface area (Å²) in [7, 11) is 2.15. The standard InChI is InChI=1S/C28H36N4O4/c1-32(27(33)11-6-20-4-2-3-5-20,23-13-16-31(17-14-23)22-12-15-29-30-19-22)26-10-8-21-7-9-24(18-25(21)26)36-28(34)35/h7,9,12,15,18-20,23,26H,2-6,8,10-11,13-14,16-17H2,1H3/p+1. The Hall–Kier alpha value is -3.00. The van der Waals surface area contributed by atoms with Gasteiger partial charge in [0.05, 0.1) is 37.6 Å². The maximum absolute atomic E-state index is 14.1. The first kappa shape index (κ1) is 24.7. The molecule has 1 aromatic carbocycles. The smallest absolute Gasteiger partial charge is 0.449 e. The van der Waals surface area contributed by atoms with Crippen LogP contribution in [-0.2, 0) is 11.2 Å². The van der Waals surface area contributed by atoms with Crippen molar-refractivity contribution in [3.8, 4) is 5.75 Å². The van der Waals surface area contributed by atoms with Crippen molar-refractivity contribution < 1.29 is 23.9 Å². The Morgan fingerprint density at radius 2 is 1.86 bits per heavy atom. The van der Waals surface area contributed by atoms with Gasteiger partial charge in [-0.25, -0.2) is 9.59 Å². The second-order valence-electron chi connectivity index (χ2n) is 10.8. The van der Waals surface area contributed by atoms with Gasteiger partial charge in [0.1, 0.15) is 11.8 Å². The zero-order chi connectivity index (χ0) is 25.1. The molecule has 36 heavy (non-hydrogen) atoms. The number of piperidine rings is 1. The summed E-state index contributed by atoms with van der Waals surface area (Å²) < 4.78 is 5.39. The molecule has 8 nitrogen and oxygen atoms in total. The minimum absolute atomic E-state index is 0.0209.